The molecule has 0 amide bonds. The van der Waals surface area contributed by atoms with Crippen LogP contribution in [-0.4, -0.2) is 16.1 Å². The van der Waals surface area contributed by atoms with E-state index in [1.54, 1.807) is 0 Å². The van der Waals surface area contributed by atoms with Gasteiger partial charge in [0.1, 0.15) is 11.3 Å². The molecular weight excluding hydrogens is 190 g/mol. The van der Waals surface area contributed by atoms with Gasteiger partial charge in [0, 0.05) is 12.2 Å². The molecule has 2 rings (SSSR count). The maximum Gasteiger partial charge on any atom is 0.355 e. The van der Waals surface area contributed by atoms with Gasteiger partial charge in [-0.3, -0.25) is 0 Å². The number of hydrogen-bond acceptors (Lipinski definition) is 2. The van der Waals surface area contributed by atoms with E-state index in [-0.39, 0.29) is 5.97 Å². The predicted molar refractivity (Wildman–Crippen MR) is 57.9 cm³/mol. The van der Waals surface area contributed by atoms with Crippen LogP contribution in [0, 0.1) is 0 Å². The molecule has 0 saturated heterocycles. The van der Waals surface area contributed by atoms with Crippen LogP contribution < -0.4 is 0 Å². The van der Waals surface area contributed by atoms with Gasteiger partial charge in [0.25, 0.3) is 0 Å². The average molecular weight is 207 g/mol. The van der Waals surface area contributed by atoms with Crippen molar-refractivity contribution < 1.29 is 9.53 Å². The molecule has 3 nitrogen and oxygen atoms in total. The van der Waals surface area contributed by atoms with Crippen molar-refractivity contribution in [3.63, 3.8) is 0 Å². The van der Waals surface area contributed by atoms with Crippen LogP contribution in [0.2, 0.25) is 0 Å². The lowest BCUT2D eigenvalue weighted by atomic mass is 10.2. The minimum atomic E-state index is -0.421. The quantitative estimate of drug-likeness (QED) is 0.698. The van der Waals surface area contributed by atoms with Crippen LogP contribution >= 0.6 is 0 Å². The van der Waals surface area contributed by atoms with Crippen molar-refractivity contribution in [2.45, 2.75) is 45.3 Å². The molecule has 1 fully saturated rings. The third-order valence-electron chi connectivity index (χ3n) is 2.33. The Morgan fingerprint density at radius 1 is 1.47 bits per heavy atom. The van der Waals surface area contributed by atoms with Crippen LogP contribution in [0.3, 0.4) is 0 Å². The van der Waals surface area contributed by atoms with Crippen molar-refractivity contribution in [2.75, 3.05) is 0 Å². The highest BCUT2D eigenvalue weighted by Crippen LogP contribution is 2.36. The standard InChI is InChI=1S/C12H17NO2/c1-12(2,3)15-11(14)10-5-4-8-13(10)9-6-7-9/h4-5,8-9H,6-7H2,1-3H3. The van der Waals surface area contributed by atoms with Gasteiger partial charge in [-0.05, 0) is 45.7 Å². The number of rotatable bonds is 2. The number of aromatic nitrogens is 1. The average Bonchev–Trinajstić information content (AvgIpc) is 2.80. The summed E-state index contributed by atoms with van der Waals surface area (Å²) in [6, 6.07) is 4.24. The zero-order chi connectivity index (χ0) is 11.1. The Kier molecular flexibility index (Phi) is 2.33. The highest BCUT2D eigenvalue weighted by atomic mass is 16.6. The zero-order valence-corrected chi connectivity index (χ0v) is 9.49. The second kappa shape index (κ2) is 3.40. The Morgan fingerprint density at radius 3 is 2.67 bits per heavy atom. The summed E-state index contributed by atoms with van der Waals surface area (Å²) < 4.78 is 7.36. The van der Waals surface area contributed by atoms with E-state index in [0.717, 1.165) is 0 Å². The number of hydrogen-bond donors (Lipinski definition) is 0. The van der Waals surface area contributed by atoms with Gasteiger partial charge in [0.2, 0.25) is 0 Å². The van der Waals surface area contributed by atoms with Crippen molar-refractivity contribution in [1.29, 1.82) is 0 Å². The van der Waals surface area contributed by atoms with Gasteiger partial charge >= 0.3 is 5.97 Å². The number of nitrogens with zero attached hydrogens (tertiary/aromatic N) is 1. The van der Waals surface area contributed by atoms with Gasteiger partial charge in [-0.15, -0.1) is 0 Å². The fraction of sp³-hybridized carbons (Fsp3) is 0.583. The van der Waals surface area contributed by atoms with E-state index in [2.05, 4.69) is 0 Å². The van der Waals surface area contributed by atoms with E-state index in [9.17, 15) is 4.79 Å². The molecule has 1 aliphatic rings. The first-order chi connectivity index (χ1) is 6.97. The monoisotopic (exact) mass is 207 g/mol. The van der Waals surface area contributed by atoms with Crippen molar-refractivity contribution in [3.8, 4) is 0 Å². The Labute approximate surface area is 90.0 Å². The van der Waals surface area contributed by atoms with Gasteiger partial charge in [0.05, 0.1) is 0 Å². The van der Waals surface area contributed by atoms with Gasteiger partial charge in [-0.2, -0.15) is 0 Å². The fourth-order valence-electron chi connectivity index (χ4n) is 1.57. The van der Waals surface area contributed by atoms with Crippen LogP contribution in [-0.2, 0) is 4.74 Å². The first kappa shape index (κ1) is 10.3. The zero-order valence-electron chi connectivity index (χ0n) is 9.49. The molecule has 0 radical (unpaired) electrons. The molecule has 1 heterocycles. The lowest BCUT2D eigenvalue weighted by Crippen LogP contribution is -2.25. The van der Waals surface area contributed by atoms with E-state index in [0.29, 0.717) is 11.7 Å². The molecular formula is C12H17NO2. The summed E-state index contributed by atoms with van der Waals surface area (Å²) in [4.78, 5) is 11.8. The molecule has 0 aromatic carbocycles. The third kappa shape index (κ3) is 2.41. The highest BCUT2D eigenvalue weighted by molar-refractivity contribution is 5.88. The lowest BCUT2D eigenvalue weighted by molar-refractivity contribution is 0.00575. The molecule has 0 N–H and O–H groups in total. The van der Waals surface area contributed by atoms with E-state index in [1.807, 2.05) is 43.7 Å². The normalized spacial score (nSPS) is 16.5. The molecule has 1 aromatic rings. The fourth-order valence-corrected chi connectivity index (χ4v) is 1.57. The van der Waals surface area contributed by atoms with Crippen molar-refractivity contribution >= 4 is 5.97 Å². The Bertz CT molecular complexity index is 369. The van der Waals surface area contributed by atoms with Gasteiger partial charge in [-0.1, -0.05) is 0 Å². The number of esters is 1. The van der Waals surface area contributed by atoms with E-state index >= 15 is 0 Å². The predicted octanol–water partition coefficient (Wildman–Crippen LogP) is 2.78. The first-order valence-corrected chi connectivity index (χ1v) is 5.37. The summed E-state index contributed by atoms with van der Waals surface area (Å²) in [5.74, 6) is -0.223. The van der Waals surface area contributed by atoms with Crippen LogP contribution in [0.5, 0.6) is 0 Å². The van der Waals surface area contributed by atoms with E-state index in [4.69, 9.17) is 4.74 Å². The Hall–Kier alpha value is -1.25. The smallest absolute Gasteiger partial charge is 0.355 e. The van der Waals surface area contributed by atoms with Gasteiger partial charge in [-0.25, -0.2) is 4.79 Å². The van der Waals surface area contributed by atoms with E-state index < -0.39 is 5.60 Å². The summed E-state index contributed by atoms with van der Waals surface area (Å²) in [7, 11) is 0. The summed E-state index contributed by atoms with van der Waals surface area (Å²) in [5.41, 5.74) is 0.253. The number of carbonyl (C=O) groups is 1. The molecule has 3 heteroatoms. The molecule has 0 atom stereocenters. The molecule has 0 unspecified atom stereocenters. The maximum absolute atomic E-state index is 11.8. The molecule has 1 aromatic heterocycles. The Balaban J connectivity index is 2.14. The second-order valence-corrected chi connectivity index (χ2v) is 5.03. The van der Waals surface area contributed by atoms with Crippen molar-refractivity contribution in [3.05, 3.63) is 24.0 Å². The highest BCUT2D eigenvalue weighted by Gasteiger charge is 2.28. The van der Waals surface area contributed by atoms with Crippen molar-refractivity contribution in [2.24, 2.45) is 0 Å². The topological polar surface area (TPSA) is 31.2 Å². The van der Waals surface area contributed by atoms with Crippen LogP contribution in [0.4, 0.5) is 0 Å². The largest absolute Gasteiger partial charge is 0.455 e. The molecule has 1 aliphatic carbocycles. The van der Waals surface area contributed by atoms with Crippen LogP contribution in [0.25, 0.3) is 0 Å². The van der Waals surface area contributed by atoms with Gasteiger partial charge in [0.15, 0.2) is 0 Å². The molecule has 0 spiro atoms. The van der Waals surface area contributed by atoms with Crippen LogP contribution in [0.1, 0.15) is 50.1 Å². The van der Waals surface area contributed by atoms with E-state index in [1.165, 1.54) is 12.8 Å². The summed E-state index contributed by atoms with van der Waals surface area (Å²) >= 11 is 0. The molecule has 0 aliphatic heterocycles. The Morgan fingerprint density at radius 2 is 2.13 bits per heavy atom. The summed E-state index contributed by atoms with van der Waals surface area (Å²) in [5, 5.41) is 0. The number of carbonyl (C=O) groups excluding carboxylic acids is 1. The molecule has 82 valence electrons. The van der Waals surface area contributed by atoms with Gasteiger partial charge < -0.3 is 9.30 Å². The maximum atomic E-state index is 11.8. The van der Waals surface area contributed by atoms with Crippen molar-refractivity contribution in [1.82, 2.24) is 4.57 Å². The number of ether oxygens (including phenoxy) is 1. The molecule has 0 bridgehead atoms. The summed E-state index contributed by atoms with van der Waals surface area (Å²) in [6.45, 7) is 5.65. The lowest BCUT2D eigenvalue weighted by Gasteiger charge is -2.20. The minimum absolute atomic E-state index is 0.223. The third-order valence-corrected chi connectivity index (χ3v) is 2.33. The molecule has 15 heavy (non-hydrogen) atoms. The first-order valence-electron chi connectivity index (χ1n) is 5.37. The van der Waals surface area contributed by atoms with Crippen LogP contribution in [0.15, 0.2) is 18.3 Å². The molecule has 1 saturated carbocycles. The summed E-state index contributed by atoms with van der Waals surface area (Å²) in [6.07, 6.45) is 4.30. The second-order valence-electron chi connectivity index (χ2n) is 5.03. The SMILES string of the molecule is CC(C)(C)OC(=O)c1cccn1C1CC1. The minimum Gasteiger partial charge on any atom is -0.455 e.